The molecular formula is C23H31N5O3. The van der Waals surface area contributed by atoms with Crippen LogP contribution in [0.4, 0.5) is 10.6 Å². The van der Waals surface area contributed by atoms with Crippen LogP contribution in [0.3, 0.4) is 0 Å². The Morgan fingerprint density at radius 1 is 1.29 bits per heavy atom. The number of rotatable bonds is 6. The van der Waals surface area contributed by atoms with Crippen molar-refractivity contribution in [1.29, 1.82) is 0 Å². The van der Waals surface area contributed by atoms with E-state index in [1.165, 1.54) is 0 Å². The SMILES string of the molecule is CN(C)CC(OC(=O)N1Cc2c(NC(=O)C3CCC3)n[nH]c2C1(C)C)c1ccccc1. The third-order valence-electron chi connectivity index (χ3n) is 6.35. The Bertz CT molecular complexity index is 949. The van der Waals surface area contributed by atoms with Crippen LogP contribution in [-0.2, 0) is 21.6 Å². The molecule has 2 amide bonds. The number of hydrogen-bond donors (Lipinski definition) is 2. The molecule has 1 aromatic carbocycles. The molecule has 2 aromatic rings. The number of benzene rings is 1. The molecule has 0 radical (unpaired) electrons. The average molecular weight is 426 g/mol. The van der Waals surface area contributed by atoms with Gasteiger partial charge in [0.05, 0.1) is 17.8 Å². The standard InChI is InChI=1S/C23H31N5O3/c1-23(2)19-17(20(26-25-19)24-21(29)16-11-8-12-16)13-28(23)22(30)31-18(14-27(3)4)15-9-6-5-7-10-15/h5-7,9-10,16,18H,8,11-14H2,1-4H3,(H2,24,25,26,29). The van der Waals surface area contributed by atoms with E-state index in [2.05, 4.69) is 15.5 Å². The lowest BCUT2D eigenvalue weighted by molar-refractivity contribution is -0.122. The van der Waals surface area contributed by atoms with E-state index in [0.717, 1.165) is 36.1 Å². The monoisotopic (exact) mass is 425 g/mol. The Balaban J connectivity index is 1.50. The van der Waals surface area contributed by atoms with Crippen LogP contribution in [0.5, 0.6) is 0 Å². The van der Waals surface area contributed by atoms with Crippen LogP contribution in [-0.4, -0.2) is 52.6 Å². The first-order valence-electron chi connectivity index (χ1n) is 10.8. The van der Waals surface area contributed by atoms with Crippen LogP contribution in [0.1, 0.15) is 56.0 Å². The Labute approximate surface area is 182 Å². The Kier molecular flexibility index (Phi) is 5.75. The molecule has 1 aliphatic carbocycles. The molecule has 1 atom stereocenters. The van der Waals surface area contributed by atoms with Gasteiger partial charge in [-0.3, -0.25) is 14.8 Å². The molecule has 31 heavy (non-hydrogen) atoms. The molecule has 0 spiro atoms. The zero-order chi connectivity index (χ0) is 22.2. The largest absolute Gasteiger partial charge is 0.440 e. The van der Waals surface area contributed by atoms with Gasteiger partial charge in [-0.15, -0.1) is 0 Å². The van der Waals surface area contributed by atoms with Crippen molar-refractivity contribution in [2.75, 3.05) is 26.0 Å². The first-order valence-corrected chi connectivity index (χ1v) is 10.8. The maximum absolute atomic E-state index is 13.3. The fraction of sp³-hybridized carbons (Fsp3) is 0.522. The molecule has 2 aliphatic rings. The number of amides is 2. The van der Waals surface area contributed by atoms with Gasteiger partial charge in [0, 0.05) is 18.0 Å². The molecule has 166 valence electrons. The molecule has 1 aliphatic heterocycles. The third kappa shape index (κ3) is 4.17. The summed E-state index contributed by atoms with van der Waals surface area (Å²) in [7, 11) is 3.91. The number of ether oxygens (including phenoxy) is 1. The number of hydrogen-bond acceptors (Lipinski definition) is 5. The lowest BCUT2D eigenvalue weighted by atomic mass is 9.85. The normalized spacial score (nSPS) is 18.4. The summed E-state index contributed by atoms with van der Waals surface area (Å²) in [6, 6.07) is 9.77. The van der Waals surface area contributed by atoms with Gasteiger partial charge in [0.2, 0.25) is 5.91 Å². The van der Waals surface area contributed by atoms with Gasteiger partial charge in [0.15, 0.2) is 5.82 Å². The second-order valence-corrected chi connectivity index (χ2v) is 9.23. The minimum Gasteiger partial charge on any atom is -0.440 e. The number of nitrogens with zero attached hydrogens (tertiary/aromatic N) is 3. The van der Waals surface area contributed by atoms with E-state index in [0.29, 0.717) is 18.9 Å². The second kappa shape index (κ2) is 8.34. The van der Waals surface area contributed by atoms with Crippen molar-refractivity contribution in [2.24, 2.45) is 5.92 Å². The van der Waals surface area contributed by atoms with Crippen molar-refractivity contribution in [2.45, 2.75) is 51.3 Å². The number of nitrogens with one attached hydrogen (secondary N) is 2. The van der Waals surface area contributed by atoms with Gasteiger partial charge >= 0.3 is 6.09 Å². The highest BCUT2D eigenvalue weighted by Gasteiger charge is 2.45. The molecule has 8 heteroatoms. The van der Waals surface area contributed by atoms with Gasteiger partial charge in [-0.25, -0.2) is 4.79 Å². The lowest BCUT2D eigenvalue weighted by Gasteiger charge is -2.33. The van der Waals surface area contributed by atoms with Crippen LogP contribution in [0.2, 0.25) is 0 Å². The van der Waals surface area contributed by atoms with Gasteiger partial charge < -0.3 is 15.0 Å². The molecule has 1 unspecified atom stereocenters. The number of anilines is 1. The minimum atomic E-state index is -0.627. The summed E-state index contributed by atoms with van der Waals surface area (Å²) in [6.45, 7) is 4.83. The molecule has 2 N–H and O–H groups in total. The fourth-order valence-corrected chi connectivity index (χ4v) is 4.20. The van der Waals surface area contributed by atoms with Gasteiger partial charge in [-0.05, 0) is 46.3 Å². The quantitative estimate of drug-likeness (QED) is 0.737. The number of likely N-dealkylation sites (N-methyl/N-ethyl adjacent to an activating group) is 1. The molecule has 4 rings (SSSR count). The predicted octanol–water partition coefficient (Wildman–Crippen LogP) is 3.64. The summed E-state index contributed by atoms with van der Waals surface area (Å²) in [5.74, 6) is 0.596. The highest BCUT2D eigenvalue weighted by Crippen LogP contribution is 2.41. The van der Waals surface area contributed by atoms with Crippen LogP contribution in [0.15, 0.2) is 30.3 Å². The van der Waals surface area contributed by atoms with Gasteiger partial charge in [0.1, 0.15) is 6.10 Å². The second-order valence-electron chi connectivity index (χ2n) is 9.23. The molecule has 1 saturated carbocycles. The van der Waals surface area contributed by atoms with Crippen molar-refractivity contribution in [3.63, 3.8) is 0 Å². The van der Waals surface area contributed by atoms with Crippen molar-refractivity contribution < 1.29 is 14.3 Å². The molecule has 8 nitrogen and oxygen atoms in total. The molecule has 1 fully saturated rings. The number of carbonyl (C=O) groups is 2. The maximum Gasteiger partial charge on any atom is 0.411 e. The van der Waals surface area contributed by atoms with E-state index < -0.39 is 5.54 Å². The Hall–Kier alpha value is -2.87. The maximum atomic E-state index is 13.3. The van der Waals surface area contributed by atoms with Crippen molar-refractivity contribution >= 4 is 17.8 Å². The van der Waals surface area contributed by atoms with Crippen molar-refractivity contribution in [1.82, 2.24) is 20.0 Å². The molecule has 2 heterocycles. The summed E-state index contributed by atoms with van der Waals surface area (Å²) in [5.41, 5.74) is 2.00. The Morgan fingerprint density at radius 2 is 2.00 bits per heavy atom. The van der Waals surface area contributed by atoms with Gasteiger partial charge in [-0.2, -0.15) is 5.10 Å². The van der Waals surface area contributed by atoms with Gasteiger partial charge in [0.25, 0.3) is 0 Å². The predicted molar refractivity (Wildman–Crippen MR) is 117 cm³/mol. The van der Waals surface area contributed by atoms with Crippen LogP contribution in [0, 0.1) is 5.92 Å². The molecule has 0 bridgehead atoms. The zero-order valence-corrected chi connectivity index (χ0v) is 18.6. The van der Waals surface area contributed by atoms with Crippen LogP contribution >= 0.6 is 0 Å². The molecule has 0 saturated heterocycles. The number of H-pyrrole nitrogens is 1. The molecule has 1 aromatic heterocycles. The fourth-order valence-electron chi connectivity index (χ4n) is 4.20. The molecular weight excluding hydrogens is 394 g/mol. The highest BCUT2D eigenvalue weighted by molar-refractivity contribution is 5.93. The lowest BCUT2D eigenvalue weighted by Crippen LogP contribution is -2.42. The smallest absolute Gasteiger partial charge is 0.411 e. The van der Waals surface area contributed by atoms with E-state index in [1.807, 2.05) is 63.2 Å². The first kappa shape index (κ1) is 21.4. The minimum absolute atomic E-state index is 0.00880. The highest BCUT2D eigenvalue weighted by atomic mass is 16.6. The summed E-state index contributed by atoms with van der Waals surface area (Å²) in [5, 5.41) is 10.3. The number of aromatic amines is 1. The van der Waals surface area contributed by atoms with Crippen molar-refractivity contribution in [3.8, 4) is 0 Å². The summed E-state index contributed by atoms with van der Waals surface area (Å²) >= 11 is 0. The summed E-state index contributed by atoms with van der Waals surface area (Å²) in [4.78, 5) is 29.3. The number of carbonyl (C=O) groups excluding carboxylic acids is 2. The first-order chi connectivity index (χ1) is 14.8. The number of aromatic nitrogens is 2. The van der Waals surface area contributed by atoms with E-state index in [-0.39, 0.29) is 24.0 Å². The summed E-state index contributed by atoms with van der Waals surface area (Å²) in [6.07, 6.45) is 2.18. The third-order valence-corrected chi connectivity index (χ3v) is 6.35. The van der Waals surface area contributed by atoms with E-state index >= 15 is 0 Å². The average Bonchev–Trinajstić information content (AvgIpc) is 3.18. The Morgan fingerprint density at radius 3 is 2.61 bits per heavy atom. The topological polar surface area (TPSA) is 90.6 Å². The van der Waals surface area contributed by atoms with Crippen LogP contribution in [0.25, 0.3) is 0 Å². The number of fused-ring (bicyclic) bond motifs is 1. The van der Waals surface area contributed by atoms with Crippen molar-refractivity contribution in [3.05, 3.63) is 47.2 Å². The zero-order valence-electron chi connectivity index (χ0n) is 18.6. The van der Waals surface area contributed by atoms with E-state index in [9.17, 15) is 9.59 Å². The van der Waals surface area contributed by atoms with Gasteiger partial charge in [-0.1, -0.05) is 36.8 Å². The summed E-state index contributed by atoms with van der Waals surface area (Å²) < 4.78 is 5.98. The van der Waals surface area contributed by atoms with E-state index in [4.69, 9.17) is 4.74 Å². The van der Waals surface area contributed by atoms with Crippen LogP contribution < -0.4 is 5.32 Å². The van der Waals surface area contributed by atoms with E-state index in [1.54, 1.807) is 4.90 Å².